The third-order valence-corrected chi connectivity index (χ3v) is 4.80. The van der Waals surface area contributed by atoms with Crippen molar-refractivity contribution in [1.29, 1.82) is 0 Å². The molecule has 0 bridgehead atoms. The lowest BCUT2D eigenvalue weighted by Gasteiger charge is -2.33. The van der Waals surface area contributed by atoms with E-state index in [2.05, 4.69) is 52.2 Å². The molecule has 0 aliphatic rings. The Hall–Kier alpha value is -0.410. The summed E-state index contributed by atoms with van der Waals surface area (Å²) in [7, 11) is 0. The Morgan fingerprint density at radius 1 is 1.05 bits per heavy atom. The number of aromatic nitrogens is 1. The Morgan fingerprint density at radius 3 is 2.05 bits per heavy atom. The lowest BCUT2D eigenvalue weighted by molar-refractivity contribution is 0.278. The van der Waals surface area contributed by atoms with Crippen LogP contribution in [0.25, 0.3) is 0 Å². The number of hydrogen-bond donors (Lipinski definition) is 1. The molecule has 0 atom stereocenters. The zero-order valence-corrected chi connectivity index (χ0v) is 15.0. The smallest absolute Gasteiger partial charge is 0.113 e. The molecular weight excluding hydrogens is 264 g/mol. The van der Waals surface area contributed by atoms with Gasteiger partial charge in [0.25, 0.3) is 0 Å². The van der Waals surface area contributed by atoms with Crippen LogP contribution in [-0.2, 0) is 11.0 Å². The first-order valence-corrected chi connectivity index (χ1v) is 8.99. The Kier molecular flexibility index (Phi) is 6.67. The normalized spacial score (nSPS) is 12.9. The molecule has 1 heterocycles. The second kappa shape index (κ2) is 7.56. The first kappa shape index (κ1) is 17.6. The largest absolute Gasteiger partial charge is 0.305 e. The number of nitrogens with zero attached hydrogens (tertiary/aromatic N) is 1. The molecule has 0 fully saturated rings. The van der Waals surface area contributed by atoms with E-state index in [-0.39, 0.29) is 11.0 Å². The maximum atomic E-state index is 5.00. The Labute approximate surface area is 129 Å². The van der Waals surface area contributed by atoms with Gasteiger partial charge in [0.2, 0.25) is 0 Å². The molecule has 0 amide bonds. The van der Waals surface area contributed by atoms with E-state index in [4.69, 9.17) is 4.98 Å². The van der Waals surface area contributed by atoms with Crippen LogP contribution >= 0.6 is 11.3 Å². The van der Waals surface area contributed by atoms with E-state index in [1.54, 1.807) is 0 Å². The van der Waals surface area contributed by atoms with Gasteiger partial charge in [0, 0.05) is 10.8 Å². The summed E-state index contributed by atoms with van der Waals surface area (Å²) < 4.78 is 0. The summed E-state index contributed by atoms with van der Waals surface area (Å²) in [5.41, 5.74) is 1.46. The van der Waals surface area contributed by atoms with Crippen molar-refractivity contribution in [2.24, 2.45) is 0 Å². The summed E-state index contributed by atoms with van der Waals surface area (Å²) in [6.45, 7) is 14.6. The highest BCUT2D eigenvalue weighted by Crippen LogP contribution is 2.36. The molecule has 1 rings (SSSR count). The van der Waals surface area contributed by atoms with E-state index >= 15 is 0 Å². The third-order valence-electron chi connectivity index (χ3n) is 3.75. The summed E-state index contributed by atoms with van der Waals surface area (Å²) in [5.74, 6) is 0. The highest BCUT2D eigenvalue weighted by Gasteiger charge is 2.33. The van der Waals surface area contributed by atoms with Crippen LogP contribution in [0.1, 0.15) is 84.3 Å². The van der Waals surface area contributed by atoms with Crippen molar-refractivity contribution in [1.82, 2.24) is 10.3 Å². The van der Waals surface area contributed by atoms with Crippen molar-refractivity contribution >= 4 is 11.3 Å². The molecule has 0 unspecified atom stereocenters. The maximum absolute atomic E-state index is 5.00. The van der Waals surface area contributed by atoms with Gasteiger partial charge >= 0.3 is 0 Å². The summed E-state index contributed by atoms with van der Waals surface area (Å²) in [6, 6.07) is 0. The van der Waals surface area contributed by atoms with E-state index in [0.717, 1.165) is 6.54 Å². The molecule has 116 valence electrons. The average molecular weight is 297 g/mol. The first-order chi connectivity index (χ1) is 9.39. The van der Waals surface area contributed by atoms with Crippen LogP contribution in [0.15, 0.2) is 5.38 Å². The van der Waals surface area contributed by atoms with Gasteiger partial charge in [0.1, 0.15) is 5.01 Å². The van der Waals surface area contributed by atoms with E-state index in [1.165, 1.54) is 42.8 Å². The molecule has 1 aromatic rings. The van der Waals surface area contributed by atoms with E-state index in [1.807, 2.05) is 11.3 Å². The number of nitrogens with one attached hydrogen (secondary N) is 1. The molecule has 0 aromatic carbocycles. The molecule has 0 aliphatic heterocycles. The van der Waals surface area contributed by atoms with Crippen LogP contribution in [0.2, 0.25) is 0 Å². The first-order valence-electron chi connectivity index (χ1n) is 8.11. The molecular formula is C17H32N2S. The number of hydrogen-bond acceptors (Lipinski definition) is 3. The van der Waals surface area contributed by atoms with Crippen molar-refractivity contribution in [3.05, 3.63) is 16.1 Å². The molecule has 0 saturated heterocycles. The standard InChI is InChI=1S/C17H32N2S/c1-7-10-17(11-8-2,18-12-9-3)15-19-14(13-20-15)16(4,5)6/h13,18H,7-12H2,1-6H3. The van der Waals surface area contributed by atoms with E-state index < -0.39 is 0 Å². The van der Waals surface area contributed by atoms with Gasteiger partial charge in [0.15, 0.2) is 0 Å². The maximum Gasteiger partial charge on any atom is 0.113 e. The minimum atomic E-state index is 0.0909. The molecule has 20 heavy (non-hydrogen) atoms. The predicted molar refractivity (Wildman–Crippen MR) is 90.6 cm³/mol. The molecule has 3 heteroatoms. The Balaban J connectivity index is 3.10. The van der Waals surface area contributed by atoms with Gasteiger partial charge in [-0.05, 0) is 25.8 Å². The van der Waals surface area contributed by atoms with Gasteiger partial charge in [-0.15, -0.1) is 11.3 Å². The lowest BCUT2D eigenvalue weighted by Crippen LogP contribution is -2.42. The third kappa shape index (κ3) is 4.29. The fourth-order valence-corrected chi connectivity index (χ4v) is 3.93. The lowest BCUT2D eigenvalue weighted by atomic mass is 9.88. The van der Waals surface area contributed by atoms with Crippen molar-refractivity contribution in [2.45, 2.75) is 84.6 Å². The second-order valence-electron chi connectivity index (χ2n) is 6.80. The molecule has 1 aromatic heterocycles. The SMILES string of the molecule is CCCNC(CCC)(CCC)c1nc(C(C)(C)C)cs1. The highest BCUT2D eigenvalue weighted by atomic mass is 32.1. The van der Waals surface area contributed by atoms with Crippen molar-refractivity contribution < 1.29 is 0 Å². The number of rotatable bonds is 8. The fourth-order valence-electron chi connectivity index (χ4n) is 2.65. The molecule has 0 radical (unpaired) electrons. The van der Waals surface area contributed by atoms with Crippen molar-refractivity contribution in [2.75, 3.05) is 6.54 Å². The zero-order valence-electron chi connectivity index (χ0n) is 14.2. The van der Waals surface area contributed by atoms with Gasteiger partial charge in [0.05, 0.1) is 11.2 Å². The summed E-state index contributed by atoms with van der Waals surface area (Å²) in [4.78, 5) is 5.00. The fraction of sp³-hybridized carbons (Fsp3) is 0.824. The Morgan fingerprint density at radius 2 is 1.65 bits per heavy atom. The van der Waals surface area contributed by atoms with E-state index in [0.29, 0.717) is 0 Å². The van der Waals surface area contributed by atoms with Gasteiger partial charge in [-0.2, -0.15) is 0 Å². The van der Waals surface area contributed by atoms with Crippen LogP contribution in [0.4, 0.5) is 0 Å². The minimum Gasteiger partial charge on any atom is -0.305 e. The predicted octanol–water partition coefficient (Wildman–Crippen LogP) is 5.24. The number of thiazole rings is 1. The zero-order chi connectivity index (χ0) is 15.2. The molecule has 0 spiro atoms. The quantitative estimate of drug-likeness (QED) is 0.710. The summed E-state index contributed by atoms with van der Waals surface area (Å²) >= 11 is 1.84. The second-order valence-corrected chi connectivity index (χ2v) is 7.65. The van der Waals surface area contributed by atoms with Gasteiger partial charge in [-0.3, -0.25) is 0 Å². The topological polar surface area (TPSA) is 24.9 Å². The van der Waals surface area contributed by atoms with Crippen molar-refractivity contribution in [3.63, 3.8) is 0 Å². The van der Waals surface area contributed by atoms with E-state index in [9.17, 15) is 0 Å². The summed E-state index contributed by atoms with van der Waals surface area (Å²) in [5, 5.41) is 7.36. The van der Waals surface area contributed by atoms with Crippen LogP contribution in [-0.4, -0.2) is 11.5 Å². The average Bonchev–Trinajstić information content (AvgIpc) is 2.86. The molecule has 0 aliphatic carbocycles. The van der Waals surface area contributed by atoms with Gasteiger partial charge in [-0.1, -0.05) is 54.4 Å². The van der Waals surface area contributed by atoms with Crippen LogP contribution in [0.5, 0.6) is 0 Å². The van der Waals surface area contributed by atoms with Crippen molar-refractivity contribution in [3.8, 4) is 0 Å². The van der Waals surface area contributed by atoms with Crippen LogP contribution in [0, 0.1) is 0 Å². The molecule has 2 nitrogen and oxygen atoms in total. The minimum absolute atomic E-state index is 0.0909. The Bertz CT molecular complexity index is 384. The molecule has 1 N–H and O–H groups in total. The monoisotopic (exact) mass is 296 g/mol. The molecule has 0 saturated carbocycles. The van der Waals surface area contributed by atoms with Crippen LogP contribution in [0.3, 0.4) is 0 Å². The van der Waals surface area contributed by atoms with Gasteiger partial charge < -0.3 is 5.32 Å². The highest BCUT2D eigenvalue weighted by molar-refractivity contribution is 7.09. The van der Waals surface area contributed by atoms with Crippen LogP contribution < -0.4 is 5.32 Å². The van der Waals surface area contributed by atoms with Gasteiger partial charge in [-0.25, -0.2) is 4.98 Å². The summed E-state index contributed by atoms with van der Waals surface area (Å²) in [6.07, 6.45) is 5.92.